The highest BCUT2D eigenvalue weighted by Gasteiger charge is 2.08. The van der Waals surface area contributed by atoms with Crippen LogP contribution in [0.4, 0.5) is 0 Å². The fraction of sp³-hybridized carbons (Fsp3) is 0.625. The molecule has 0 amide bonds. The van der Waals surface area contributed by atoms with Gasteiger partial charge in [-0.2, -0.15) is 0 Å². The van der Waals surface area contributed by atoms with Crippen LogP contribution in [0.3, 0.4) is 0 Å². The van der Waals surface area contributed by atoms with E-state index in [0.717, 1.165) is 6.67 Å². The van der Waals surface area contributed by atoms with E-state index in [1.54, 1.807) is 0 Å². The summed E-state index contributed by atoms with van der Waals surface area (Å²) in [6.45, 7) is 1.91. The van der Waals surface area contributed by atoms with E-state index in [0.29, 0.717) is 13.2 Å². The van der Waals surface area contributed by atoms with Gasteiger partial charge in [-0.25, -0.2) is 0 Å². The minimum Gasteiger partial charge on any atom is -0.463 e. The maximum atomic E-state index is 10.7. The number of carbonyl (C=O) groups excluding carboxylic acids is 1. The first-order valence-electron chi connectivity index (χ1n) is 4.20. The molecule has 0 aromatic rings. The lowest BCUT2D eigenvalue weighted by Gasteiger charge is -2.17. The largest absolute Gasteiger partial charge is 0.463 e. The summed E-state index contributed by atoms with van der Waals surface area (Å²) in [5, 5.41) is 0. The van der Waals surface area contributed by atoms with E-state index in [1.165, 1.54) is 0 Å². The lowest BCUT2D eigenvalue weighted by atomic mass is 10.6. The molecule has 0 fully saturated rings. The summed E-state index contributed by atoms with van der Waals surface area (Å²) in [6, 6.07) is 0. The van der Waals surface area contributed by atoms with Crippen molar-refractivity contribution in [2.75, 3.05) is 33.4 Å². The minimum absolute atomic E-state index is 0.0459. The summed E-state index contributed by atoms with van der Waals surface area (Å²) in [5.41, 5.74) is 5.08. The van der Waals surface area contributed by atoms with Crippen molar-refractivity contribution in [3.05, 3.63) is 12.4 Å². The molecule has 13 heavy (non-hydrogen) atoms. The zero-order valence-corrected chi connectivity index (χ0v) is 7.77. The second kappa shape index (κ2) is 4.71. The molecule has 1 heterocycles. The fourth-order valence-corrected chi connectivity index (χ4v) is 1.07. The van der Waals surface area contributed by atoms with Crippen molar-refractivity contribution in [3.8, 4) is 0 Å². The van der Waals surface area contributed by atoms with E-state index in [2.05, 4.69) is 4.90 Å². The first kappa shape index (κ1) is 9.85. The molecule has 0 aromatic carbocycles. The van der Waals surface area contributed by atoms with Gasteiger partial charge in [-0.05, 0) is 0 Å². The lowest BCUT2D eigenvalue weighted by Crippen LogP contribution is -2.27. The number of rotatable bonds is 4. The highest BCUT2D eigenvalue weighted by Crippen LogP contribution is 2.02. The van der Waals surface area contributed by atoms with Crippen molar-refractivity contribution in [1.82, 2.24) is 9.80 Å². The number of nitrogens with zero attached hydrogens (tertiary/aromatic N) is 2. The number of nitrogens with two attached hydrogens (primary N) is 1. The van der Waals surface area contributed by atoms with Gasteiger partial charge in [0.2, 0.25) is 0 Å². The van der Waals surface area contributed by atoms with Gasteiger partial charge in [-0.1, -0.05) is 0 Å². The molecule has 0 atom stereocenters. The fourth-order valence-electron chi connectivity index (χ4n) is 1.07. The quantitative estimate of drug-likeness (QED) is 0.579. The van der Waals surface area contributed by atoms with Gasteiger partial charge in [0.25, 0.3) is 0 Å². The van der Waals surface area contributed by atoms with Crippen molar-refractivity contribution in [2.24, 2.45) is 5.73 Å². The Hall–Kier alpha value is -1.23. The first-order chi connectivity index (χ1) is 6.22. The Morgan fingerprint density at radius 2 is 2.38 bits per heavy atom. The van der Waals surface area contributed by atoms with Gasteiger partial charge in [0.05, 0.1) is 19.8 Å². The third kappa shape index (κ3) is 3.33. The average Bonchev–Trinajstić information content (AvgIpc) is 2.51. The molecule has 5 heteroatoms. The molecular weight excluding hydrogens is 170 g/mol. The van der Waals surface area contributed by atoms with E-state index in [9.17, 15) is 4.79 Å². The third-order valence-electron chi connectivity index (χ3n) is 1.74. The van der Waals surface area contributed by atoms with Gasteiger partial charge in [0.1, 0.15) is 6.61 Å². The first-order valence-corrected chi connectivity index (χ1v) is 4.20. The Morgan fingerprint density at radius 1 is 1.62 bits per heavy atom. The normalized spacial score (nSPS) is 15.2. The lowest BCUT2D eigenvalue weighted by molar-refractivity contribution is -0.142. The molecule has 0 bridgehead atoms. The molecule has 0 saturated carbocycles. The SMILES string of the molecule is CN1C=CN(CCOC(=O)CN)C1. The third-order valence-corrected chi connectivity index (χ3v) is 1.74. The number of carbonyl (C=O) groups is 1. The summed E-state index contributed by atoms with van der Waals surface area (Å²) >= 11 is 0. The average molecular weight is 185 g/mol. The van der Waals surface area contributed by atoms with Crippen LogP contribution in [0.1, 0.15) is 0 Å². The van der Waals surface area contributed by atoms with Crippen LogP contribution in [-0.4, -0.2) is 49.2 Å². The molecule has 0 spiro atoms. The maximum Gasteiger partial charge on any atom is 0.319 e. The monoisotopic (exact) mass is 185 g/mol. The van der Waals surface area contributed by atoms with Gasteiger partial charge in [0.15, 0.2) is 0 Å². The highest BCUT2D eigenvalue weighted by molar-refractivity contribution is 5.71. The summed E-state index contributed by atoms with van der Waals surface area (Å²) in [7, 11) is 1.99. The molecule has 1 aliphatic heterocycles. The Labute approximate surface area is 77.7 Å². The van der Waals surface area contributed by atoms with Crippen LogP contribution in [0.5, 0.6) is 0 Å². The van der Waals surface area contributed by atoms with E-state index < -0.39 is 0 Å². The van der Waals surface area contributed by atoms with Gasteiger partial charge >= 0.3 is 5.97 Å². The molecule has 0 saturated heterocycles. The minimum atomic E-state index is -0.350. The molecule has 1 aliphatic rings. The summed E-state index contributed by atoms with van der Waals surface area (Å²) in [4.78, 5) is 14.8. The van der Waals surface area contributed by atoms with Crippen LogP contribution in [0, 0.1) is 0 Å². The Balaban J connectivity index is 2.07. The summed E-state index contributed by atoms with van der Waals surface area (Å²) in [5.74, 6) is -0.350. The van der Waals surface area contributed by atoms with Crippen molar-refractivity contribution in [3.63, 3.8) is 0 Å². The molecule has 0 unspecified atom stereocenters. The molecule has 0 aromatic heterocycles. The van der Waals surface area contributed by atoms with Crippen molar-refractivity contribution < 1.29 is 9.53 Å². The second-order valence-electron chi connectivity index (χ2n) is 2.93. The van der Waals surface area contributed by atoms with Gasteiger partial charge < -0.3 is 20.3 Å². The predicted molar refractivity (Wildman–Crippen MR) is 48.5 cm³/mol. The van der Waals surface area contributed by atoms with E-state index in [4.69, 9.17) is 10.5 Å². The van der Waals surface area contributed by atoms with Crippen LogP contribution in [0.25, 0.3) is 0 Å². The molecule has 74 valence electrons. The van der Waals surface area contributed by atoms with E-state index in [1.807, 2.05) is 24.3 Å². The van der Waals surface area contributed by atoms with Gasteiger partial charge in [-0.15, -0.1) is 0 Å². The number of esters is 1. The number of ether oxygens (including phenoxy) is 1. The van der Waals surface area contributed by atoms with Crippen molar-refractivity contribution in [2.45, 2.75) is 0 Å². The van der Waals surface area contributed by atoms with Gasteiger partial charge in [0, 0.05) is 19.4 Å². The maximum absolute atomic E-state index is 10.7. The van der Waals surface area contributed by atoms with Crippen molar-refractivity contribution >= 4 is 5.97 Å². The van der Waals surface area contributed by atoms with Crippen molar-refractivity contribution in [1.29, 1.82) is 0 Å². The smallest absolute Gasteiger partial charge is 0.319 e. The Bertz CT molecular complexity index is 206. The zero-order chi connectivity index (χ0) is 9.68. The number of hydrogen-bond acceptors (Lipinski definition) is 5. The molecule has 0 aliphatic carbocycles. The van der Waals surface area contributed by atoms with Crippen LogP contribution in [0.2, 0.25) is 0 Å². The van der Waals surface area contributed by atoms with Crippen LogP contribution in [-0.2, 0) is 9.53 Å². The zero-order valence-electron chi connectivity index (χ0n) is 7.77. The molecule has 5 nitrogen and oxygen atoms in total. The second-order valence-corrected chi connectivity index (χ2v) is 2.93. The van der Waals surface area contributed by atoms with E-state index in [-0.39, 0.29) is 12.5 Å². The van der Waals surface area contributed by atoms with E-state index >= 15 is 0 Å². The standard InChI is InChI=1S/C8H15N3O2/c1-10-2-3-11(7-10)4-5-13-8(12)6-9/h2-3H,4-7,9H2,1H3. The highest BCUT2D eigenvalue weighted by atomic mass is 16.5. The molecule has 1 rings (SSSR count). The van der Waals surface area contributed by atoms with Crippen LogP contribution >= 0.6 is 0 Å². The number of hydrogen-bond donors (Lipinski definition) is 1. The van der Waals surface area contributed by atoms with Gasteiger partial charge in [-0.3, -0.25) is 4.79 Å². The van der Waals surface area contributed by atoms with Crippen LogP contribution in [0.15, 0.2) is 12.4 Å². The topological polar surface area (TPSA) is 58.8 Å². The Kier molecular flexibility index (Phi) is 3.57. The van der Waals surface area contributed by atoms with Crippen LogP contribution < -0.4 is 5.73 Å². The molecule has 0 radical (unpaired) electrons. The summed E-state index contributed by atoms with van der Waals surface area (Å²) < 4.78 is 4.83. The molecule has 2 N–H and O–H groups in total. The molecular formula is C8H15N3O2. The predicted octanol–water partition coefficient (Wildman–Crippen LogP) is -0.836. The Morgan fingerprint density at radius 3 is 2.92 bits per heavy atom. The summed E-state index contributed by atoms with van der Waals surface area (Å²) in [6.07, 6.45) is 3.95.